The van der Waals surface area contributed by atoms with Crippen molar-refractivity contribution in [2.75, 3.05) is 11.1 Å². The lowest BCUT2D eigenvalue weighted by molar-refractivity contribution is 0.101. The number of aromatic nitrogens is 1. The zero-order valence-electron chi connectivity index (χ0n) is 10.4. The number of aryl methyl sites for hydroxylation is 1. The molecule has 0 saturated carbocycles. The lowest BCUT2D eigenvalue weighted by atomic mass is 10.2. The van der Waals surface area contributed by atoms with Gasteiger partial charge in [0.15, 0.2) is 0 Å². The summed E-state index contributed by atoms with van der Waals surface area (Å²) in [7, 11) is 1.63. The molecular formula is C13H10ClFN4O. The molecule has 0 saturated heterocycles. The Morgan fingerprint density at radius 2 is 2.25 bits per heavy atom. The predicted octanol–water partition coefficient (Wildman–Crippen LogP) is 2.52. The summed E-state index contributed by atoms with van der Waals surface area (Å²) in [6.45, 7) is 0. The summed E-state index contributed by atoms with van der Waals surface area (Å²) in [6.07, 6.45) is 1.52. The minimum Gasteiger partial charge on any atom is -0.396 e. The van der Waals surface area contributed by atoms with Crippen LogP contribution in [0.5, 0.6) is 0 Å². The van der Waals surface area contributed by atoms with Gasteiger partial charge >= 0.3 is 0 Å². The number of amides is 1. The van der Waals surface area contributed by atoms with Crippen LogP contribution in [0.15, 0.2) is 24.4 Å². The summed E-state index contributed by atoms with van der Waals surface area (Å²) in [5, 5.41) is 11.4. The van der Waals surface area contributed by atoms with Crippen LogP contribution in [-0.4, -0.2) is 10.5 Å². The Balaban J connectivity index is 2.31. The molecule has 0 bridgehead atoms. The van der Waals surface area contributed by atoms with Gasteiger partial charge in [0.25, 0.3) is 5.91 Å². The zero-order chi connectivity index (χ0) is 14.9. The minimum atomic E-state index is -0.647. The Morgan fingerprint density at radius 3 is 2.80 bits per heavy atom. The van der Waals surface area contributed by atoms with Crippen molar-refractivity contribution in [2.45, 2.75) is 0 Å². The van der Waals surface area contributed by atoms with Crippen LogP contribution < -0.4 is 11.1 Å². The van der Waals surface area contributed by atoms with E-state index in [1.165, 1.54) is 22.9 Å². The minimum absolute atomic E-state index is 0.146. The first-order valence-electron chi connectivity index (χ1n) is 5.55. The number of benzene rings is 1. The molecule has 7 heteroatoms. The highest BCUT2D eigenvalue weighted by atomic mass is 35.5. The molecule has 0 atom stereocenters. The van der Waals surface area contributed by atoms with Crippen molar-refractivity contribution in [3.63, 3.8) is 0 Å². The number of nitrogens with one attached hydrogen (secondary N) is 1. The van der Waals surface area contributed by atoms with Crippen molar-refractivity contribution in [3.05, 3.63) is 46.5 Å². The summed E-state index contributed by atoms with van der Waals surface area (Å²) in [6, 6.07) is 5.40. The largest absolute Gasteiger partial charge is 0.396 e. The molecular weight excluding hydrogens is 283 g/mol. The Hall–Kier alpha value is -2.52. The van der Waals surface area contributed by atoms with Crippen molar-refractivity contribution in [1.82, 2.24) is 4.57 Å². The summed E-state index contributed by atoms with van der Waals surface area (Å²) in [5.41, 5.74) is 6.23. The molecule has 2 rings (SSSR count). The zero-order valence-corrected chi connectivity index (χ0v) is 11.2. The molecule has 2 aromatic rings. The van der Waals surface area contributed by atoms with Crippen molar-refractivity contribution >= 4 is 28.9 Å². The summed E-state index contributed by atoms with van der Waals surface area (Å²) in [4.78, 5) is 12.1. The molecule has 0 fully saturated rings. The summed E-state index contributed by atoms with van der Waals surface area (Å²) in [5.74, 6) is -1.14. The Bertz CT molecular complexity index is 733. The van der Waals surface area contributed by atoms with Gasteiger partial charge < -0.3 is 15.6 Å². The predicted molar refractivity (Wildman–Crippen MR) is 73.9 cm³/mol. The van der Waals surface area contributed by atoms with E-state index in [0.29, 0.717) is 5.69 Å². The van der Waals surface area contributed by atoms with Crippen LogP contribution >= 0.6 is 11.6 Å². The molecule has 1 aromatic heterocycles. The fraction of sp³-hybridized carbons (Fsp3) is 0.0769. The van der Waals surface area contributed by atoms with Crippen LogP contribution in [0.2, 0.25) is 5.02 Å². The van der Waals surface area contributed by atoms with Crippen LogP contribution in [0, 0.1) is 17.1 Å². The number of hydrogen-bond donors (Lipinski definition) is 2. The first-order valence-corrected chi connectivity index (χ1v) is 5.93. The average Bonchev–Trinajstić information content (AvgIpc) is 2.65. The number of nitrogens with two attached hydrogens (primary N) is 1. The van der Waals surface area contributed by atoms with E-state index >= 15 is 0 Å². The highest BCUT2D eigenvalue weighted by molar-refractivity contribution is 6.36. The lowest BCUT2D eigenvalue weighted by Crippen LogP contribution is -2.16. The van der Waals surface area contributed by atoms with E-state index in [1.807, 2.05) is 0 Å². The van der Waals surface area contributed by atoms with Crippen molar-refractivity contribution in [3.8, 4) is 6.07 Å². The van der Waals surface area contributed by atoms with Crippen LogP contribution in [0.4, 0.5) is 15.8 Å². The molecule has 0 aliphatic rings. The van der Waals surface area contributed by atoms with Crippen molar-refractivity contribution in [2.24, 2.45) is 7.05 Å². The lowest BCUT2D eigenvalue weighted by Gasteiger charge is -2.07. The van der Waals surface area contributed by atoms with Crippen LogP contribution in [-0.2, 0) is 7.05 Å². The highest BCUT2D eigenvalue weighted by Crippen LogP contribution is 2.26. The normalized spacial score (nSPS) is 10.1. The number of nitrogens with zero attached hydrogens (tertiary/aromatic N) is 2. The van der Waals surface area contributed by atoms with Gasteiger partial charge in [0.1, 0.15) is 17.6 Å². The fourth-order valence-corrected chi connectivity index (χ4v) is 2.03. The Labute approximate surface area is 119 Å². The monoisotopic (exact) mass is 292 g/mol. The smallest absolute Gasteiger partial charge is 0.273 e. The first kappa shape index (κ1) is 13.9. The third-order valence-electron chi connectivity index (χ3n) is 2.71. The van der Waals surface area contributed by atoms with E-state index in [2.05, 4.69) is 5.32 Å². The topological polar surface area (TPSA) is 83.8 Å². The summed E-state index contributed by atoms with van der Waals surface area (Å²) >= 11 is 5.94. The molecule has 1 heterocycles. The second kappa shape index (κ2) is 5.23. The number of halogens is 2. The number of nitriles is 1. The third-order valence-corrected chi connectivity index (χ3v) is 3.10. The molecule has 0 radical (unpaired) electrons. The standard InChI is InChI=1S/C13H10ClFN4O/c1-19-6-10(17)11(14)12(19)13(20)18-8-2-3-9(15)7(4-8)5-16/h2-4,6H,17H2,1H3,(H,18,20). The average molecular weight is 293 g/mol. The molecule has 5 nitrogen and oxygen atoms in total. The van der Waals surface area contributed by atoms with Gasteiger partial charge in [0, 0.05) is 18.9 Å². The van der Waals surface area contributed by atoms with Gasteiger partial charge in [0.05, 0.1) is 16.3 Å². The van der Waals surface area contributed by atoms with Gasteiger partial charge in [-0.15, -0.1) is 0 Å². The maximum Gasteiger partial charge on any atom is 0.273 e. The van der Waals surface area contributed by atoms with E-state index in [4.69, 9.17) is 22.6 Å². The highest BCUT2D eigenvalue weighted by Gasteiger charge is 2.18. The number of nitrogen functional groups attached to an aromatic ring is 1. The van der Waals surface area contributed by atoms with E-state index in [-0.39, 0.29) is 22.0 Å². The molecule has 0 unspecified atom stereocenters. The van der Waals surface area contributed by atoms with Crippen molar-refractivity contribution in [1.29, 1.82) is 5.26 Å². The molecule has 3 N–H and O–H groups in total. The molecule has 0 aliphatic heterocycles. The van der Waals surface area contributed by atoms with E-state index in [0.717, 1.165) is 6.07 Å². The molecule has 1 aromatic carbocycles. The Kier molecular flexibility index (Phi) is 3.63. The van der Waals surface area contributed by atoms with Crippen molar-refractivity contribution < 1.29 is 9.18 Å². The number of anilines is 2. The maximum absolute atomic E-state index is 13.2. The van der Waals surface area contributed by atoms with Gasteiger partial charge in [-0.25, -0.2) is 4.39 Å². The van der Waals surface area contributed by atoms with Gasteiger partial charge in [-0.05, 0) is 18.2 Å². The second-order valence-electron chi connectivity index (χ2n) is 4.12. The molecule has 0 aliphatic carbocycles. The van der Waals surface area contributed by atoms with E-state index < -0.39 is 11.7 Å². The van der Waals surface area contributed by atoms with E-state index in [1.54, 1.807) is 13.1 Å². The number of rotatable bonds is 2. The molecule has 1 amide bonds. The second-order valence-corrected chi connectivity index (χ2v) is 4.50. The van der Waals surface area contributed by atoms with Gasteiger partial charge in [-0.3, -0.25) is 4.79 Å². The SMILES string of the molecule is Cn1cc(N)c(Cl)c1C(=O)Nc1ccc(F)c(C#N)c1. The van der Waals surface area contributed by atoms with Crippen LogP contribution in [0.1, 0.15) is 16.1 Å². The molecule has 102 valence electrons. The van der Waals surface area contributed by atoms with Gasteiger partial charge in [-0.2, -0.15) is 5.26 Å². The van der Waals surface area contributed by atoms with Gasteiger partial charge in [-0.1, -0.05) is 11.6 Å². The Morgan fingerprint density at radius 1 is 1.55 bits per heavy atom. The molecule has 0 spiro atoms. The number of carbonyl (C=O) groups is 1. The van der Waals surface area contributed by atoms with E-state index in [9.17, 15) is 9.18 Å². The number of hydrogen-bond acceptors (Lipinski definition) is 3. The third kappa shape index (κ3) is 2.44. The fourth-order valence-electron chi connectivity index (χ4n) is 1.76. The van der Waals surface area contributed by atoms with Crippen LogP contribution in [0.3, 0.4) is 0 Å². The van der Waals surface area contributed by atoms with Crippen LogP contribution in [0.25, 0.3) is 0 Å². The summed E-state index contributed by atoms with van der Waals surface area (Å²) < 4.78 is 14.7. The first-order chi connectivity index (χ1) is 9.43. The molecule has 20 heavy (non-hydrogen) atoms. The number of carbonyl (C=O) groups excluding carboxylic acids is 1. The quantitative estimate of drug-likeness (QED) is 0.892. The maximum atomic E-state index is 13.2. The van der Waals surface area contributed by atoms with Gasteiger partial charge in [0.2, 0.25) is 0 Å².